The van der Waals surface area contributed by atoms with E-state index in [-0.39, 0.29) is 0 Å². The maximum atomic E-state index is 3.34. The molecule has 95 valence electrons. The number of hydrogen-bond acceptors (Lipinski definition) is 0. The molecule has 0 fully saturated rings. The van der Waals surface area contributed by atoms with E-state index in [1.807, 2.05) is 0 Å². The zero-order chi connectivity index (χ0) is 11.9. The molecule has 0 bridgehead atoms. The predicted molar refractivity (Wildman–Crippen MR) is 74.6 cm³/mol. The van der Waals surface area contributed by atoms with Crippen molar-refractivity contribution in [2.75, 3.05) is 0 Å². The van der Waals surface area contributed by atoms with Crippen LogP contribution in [0.2, 0.25) is 0 Å². The van der Waals surface area contributed by atoms with Gasteiger partial charge in [-0.1, -0.05) is 77.7 Å². The number of allylic oxidation sites excluding steroid dienone is 2. The van der Waals surface area contributed by atoms with Gasteiger partial charge in [-0.2, -0.15) is 0 Å². The van der Waals surface area contributed by atoms with Crippen molar-refractivity contribution in [3.05, 3.63) is 12.2 Å². The summed E-state index contributed by atoms with van der Waals surface area (Å²) in [5.74, 6) is 0. The van der Waals surface area contributed by atoms with E-state index in [9.17, 15) is 0 Å². The smallest absolute Gasteiger partial charge is 0.0279 e. The van der Waals surface area contributed by atoms with E-state index in [0.717, 1.165) is 6.42 Å². The molecule has 0 aromatic heterocycles. The maximum absolute atomic E-state index is 3.34. The molecule has 0 N–H and O–H groups in total. The van der Waals surface area contributed by atoms with Crippen LogP contribution in [0.1, 0.15) is 90.9 Å². The minimum atomic E-state index is 1.14. The zero-order valence-corrected chi connectivity index (χ0v) is 11.6. The van der Waals surface area contributed by atoms with Crippen LogP contribution in [0, 0.1) is 6.08 Å². The van der Waals surface area contributed by atoms with Gasteiger partial charge in [0.05, 0.1) is 0 Å². The van der Waals surface area contributed by atoms with Crippen molar-refractivity contribution < 1.29 is 0 Å². The molecule has 0 atom stereocenters. The number of hydrogen-bond donors (Lipinski definition) is 0. The molecular formula is C16H31. The van der Waals surface area contributed by atoms with Gasteiger partial charge in [-0.25, -0.2) is 0 Å². The van der Waals surface area contributed by atoms with Crippen molar-refractivity contribution in [1.29, 1.82) is 0 Å². The first-order valence-corrected chi connectivity index (χ1v) is 7.46. The standard InChI is InChI=1S/C16H31/c1-3-5-7-9-11-13-15-16-14-12-10-8-6-4-2/h5H,3-4,6,8-16H2,1-2H3. The van der Waals surface area contributed by atoms with E-state index in [0.29, 0.717) is 0 Å². The van der Waals surface area contributed by atoms with Gasteiger partial charge >= 0.3 is 0 Å². The fourth-order valence-corrected chi connectivity index (χ4v) is 1.96. The van der Waals surface area contributed by atoms with Crippen LogP contribution < -0.4 is 0 Å². The second-order valence-corrected chi connectivity index (χ2v) is 4.75. The summed E-state index contributed by atoms with van der Waals surface area (Å²) in [5, 5.41) is 0. The molecule has 0 saturated carbocycles. The van der Waals surface area contributed by atoms with E-state index < -0.39 is 0 Å². The van der Waals surface area contributed by atoms with E-state index in [1.165, 1.54) is 70.6 Å². The van der Waals surface area contributed by atoms with Gasteiger partial charge in [0.2, 0.25) is 0 Å². The quantitative estimate of drug-likeness (QED) is 0.352. The Labute approximate surface area is 104 Å². The van der Waals surface area contributed by atoms with Gasteiger partial charge in [0.15, 0.2) is 0 Å². The average molecular weight is 223 g/mol. The Hall–Kier alpha value is -0.260. The Kier molecular flexibility index (Phi) is 14.5. The molecule has 1 radical (unpaired) electrons. The first-order chi connectivity index (χ1) is 7.91. The summed E-state index contributed by atoms with van der Waals surface area (Å²) < 4.78 is 0. The van der Waals surface area contributed by atoms with Crippen LogP contribution >= 0.6 is 0 Å². The topological polar surface area (TPSA) is 0 Å². The van der Waals surface area contributed by atoms with Crippen molar-refractivity contribution in [3.8, 4) is 0 Å². The second-order valence-electron chi connectivity index (χ2n) is 4.75. The predicted octanol–water partition coefficient (Wildman–Crippen LogP) is 6.07. The molecule has 0 aliphatic carbocycles. The Balaban J connectivity index is 2.90. The average Bonchev–Trinajstić information content (AvgIpc) is 2.31. The molecule has 0 aliphatic rings. The maximum Gasteiger partial charge on any atom is -0.0279 e. The minimum absolute atomic E-state index is 1.14. The van der Waals surface area contributed by atoms with Gasteiger partial charge in [-0.3, -0.25) is 0 Å². The normalized spacial score (nSPS) is 11.4. The van der Waals surface area contributed by atoms with Crippen molar-refractivity contribution in [2.45, 2.75) is 90.9 Å². The van der Waals surface area contributed by atoms with Gasteiger partial charge in [-0.05, 0) is 25.3 Å². The molecule has 0 aromatic carbocycles. The SMILES string of the molecule is CCC=[C]CCCCCCCCCCCC. The first-order valence-electron chi connectivity index (χ1n) is 7.46. The molecule has 0 nitrogen and oxygen atoms in total. The third-order valence-electron chi connectivity index (χ3n) is 3.02. The van der Waals surface area contributed by atoms with Crippen molar-refractivity contribution >= 4 is 0 Å². The monoisotopic (exact) mass is 223 g/mol. The molecule has 0 saturated heterocycles. The van der Waals surface area contributed by atoms with Crippen molar-refractivity contribution in [2.24, 2.45) is 0 Å². The zero-order valence-electron chi connectivity index (χ0n) is 11.6. The van der Waals surface area contributed by atoms with Gasteiger partial charge in [0.1, 0.15) is 0 Å². The molecule has 0 spiro atoms. The highest BCUT2D eigenvalue weighted by atomic mass is 14.0. The fraction of sp³-hybridized carbons (Fsp3) is 0.875. The van der Waals surface area contributed by atoms with Crippen LogP contribution in [-0.4, -0.2) is 0 Å². The minimum Gasteiger partial charge on any atom is -0.0813 e. The summed E-state index contributed by atoms with van der Waals surface area (Å²) in [6.45, 7) is 4.45. The lowest BCUT2D eigenvalue weighted by atomic mass is 10.1. The molecule has 0 aliphatic heterocycles. The third-order valence-corrected chi connectivity index (χ3v) is 3.02. The van der Waals surface area contributed by atoms with Gasteiger partial charge in [0.25, 0.3) is 0 Å². The highest BCUT2D eigenvalue weighted by Gasteiger charge is 1.91. The van der Waals surface area contributed by atoms with Gasteiger partial charge in [0, 0.05) is 0 Å². The Bertz CT molecular complexity index is 135. The summed E-state index contributed by atoms with van der Waals surface area (Å²) >= 11 is 0. The first kappa shape index (κ1) is 15.7. The summed E-state index contributed by atoms with van der Waals surface area (Å²) in [4.78, 5) is 0. The van der Waals surface area contributed by atoms with Gasteiger partial charge < -0.3 is 0 Å². The Morgan fingerprint density at radius 2 is 1.19 bits per heavy atom. The van der Waals surface area contributed by atoms with Crippen LogP contribution in [-0.2, 0) is 0 Å². The number of unbranched alkanes of at least 4 members (excludes halogenated alkanes) is 10. The molecule has 0 unspecified atom stereocenters. The molecule has 0 heterocycles. The molecule has 0 amide bonds. The Morgan fingerprint density at radius 3 is 1.69 bits per heavy atom. The van der Waals surface area contributed by atoms with Gasteiger partial charge in [-0.15, -0.1) is 0 Å². The van der Waals surface area contributed by atoms with E-state index >= 15 is 0 Å². The summed E-state index contributed by atoms with van der Waals surface area (Å²) in [6.07, 6.45) is 22.0. The molecule has 0 heteroatoms. The van der Waals surface area contributed by atoms with Crippen LogP contribution in [0.15, 0.2) is 6.08 Å². The molecule has 16 heavy (non-hydrogen) atoms. The third kappa shape index (κ3) is 13.7. The molecular weight excluding hydrogens is 192 g/mol. The van der Waals surface area contributed by atoms with Crippen molar-refractivity contribution in [1.82, 2.24) is 0 Å². The largest absolute Gasteiger partial charge is 0.0813 e. The summed E-state index contributed by atoms with van der Waals surface area (Å²) in [5.41, 5.74) is 0. The second kappa shape index (κ2) is 14.7. The fourth-order valence-electron chi connectivity index (χ4n) is 1.96. The lowest BCUT2D eigenvalue weighted by molar-refractivity contribution is 0.557. The van der Waals surface area contributed by atoms with Crippen LogP contribution in [0.4, 0.5) is 0 Å². The van der Waals surface area contributed by atoms with Crippen LogP contribution in [0.3, 0.4) is 0 Å². The lowest BCUT2D eigenvalue weighted by Crippen LogP contribution is -1.81. The highest BCUT2D eigenvalue weighted by Crippen LogP contribution is 2.11. The molecule has 0 rings (SSSR count). The Morgan fingerprint density at radius 1 is 0.688 bits per heavy atom. The van der Waals surface area contributed by atoms with Crippen molar-refractivity contribution in [3.63, 3.8) is 0 Å². The number of rotatable bonds is 12. The van der Waals surface area contributed by atoms with E-state index in [4.69, 9.17) is 0 Å². The molecule has 0 aromatic rings. The van der Waals surface area contributed by atoms with Crippen LogP contribution in [0.25, 0.3) is 0 Å². The highest BCUT2D eigenvalue weighted by molar-refractivity contribution is 4.70. The summed E-state index contributed by atoms with van der Waals surface area (Å²) in [7, 11) is 0. The summed E-state index contributed by atoms with van der Waals surface area (Å²) in [6, 6.07) is 0. The lowest BCUT2D eigenvalue weighted by Gasteiger charge is -2.01. The van der Waals surface area contributed by atoms with E-state index in [2.05, 4.69) is 26.0 Å². The van der Waals surface area contributed by atoms with Crippen LogP contribution in [0.5, 0.6) is 0 Å². The van der Waals surface area contributed by atoms with E-state index in [1.54, 1.807) is 0 Å².